The topological polar surface area (TPSA) is 47.3 Å². The summed E-state index contributed by atoms with van der Waals surface area (Å²) in [5.74, 6) is 0.948. The lowest BCUT2D eigenvalue weighted by atomic mass is 9.96. The second-order valence-electron chi connectivity index (χ2n) is 4.10. The van der Waals surface area contributed by atoms with Crippen molar-refractivity contribution in [1.29, 1.82) is 0 Å². The number of furan rings is 1. The van der Waals surface area contributed by atoms with Crippen LogP contribution in [0, 0.1) is 19.8 Å². The molecule has 2 rings (SSSR count). The first-order valence-corrected chi connectivity index (χ1v) is 5.23. The maximum atomic E-state index is 12.0. The second-order valence-corrected chi connectivity index (χ2v) is 4.10. The first-order valence-electron chi connectivity index (χ1n) is 5.23. The summed E-state index contributed by atoms with van der Waals surface area (Å²) < 4.78 is 5.30. The van der Waals surface area contributed by atoms with Gasteiger partial charge in [-0.25, -0.2) is 0 Å². The van der Waals surface area contributed by atoms with Crippen LogP contribution in [0.5, 0.6) is 0 Å². The first kappa shape index (κ1) is 10.1. The van der Waals surface area contributed by atoms with Gasteiger partial charge in [0, 0.05) is 6.42 Å². The number of rotatable bonds is 2. The van der Waals surface area contributed by atoms with Crippen molar-refractivity contribution in [3.05, 3.63) is 23.2 Å². The van der Waals surface area contributed by atoms with Gasteiger partial charge in [-0.1, -0.05) is 0 Å². The van der Waals surface area contributed by atoms with E-state index >= 15 is 0 Å². The van der Waals surface area contributed by atoms with Crippen LogP contribution in [0.4, 0.5) is 0 Å². The minimum atomic E-state index is -0.416. The van der Waals surface area contributed by atoms with E-state index in [4.69, 9.17) is 4.42 Å². The van der Waals surface area contributed by atoms with E-state index in [0.29, 0.717) is 24.2 Å². The highest BCUT2D eigenvalue weighted by molar-refractivity contribution is 6.12. The van der Waals surface area contributed by atoms with Gasteiger partial charge >= 0.3 is 0 Å². The van der Waals surface area contributed by atoms with Crippen LogP contribution in [0.3, 0.4) is 0 Å². The number of ketones is 2. The third kappa shape index (κ3) is 1.74. The fourth-order valence-electron chi connectivity index (χ4n) is 2.16. The molecule has 1 unspecified atom stereocenters. The van der Waals surface area contributed by atoms with Crippen LogP contribution in [0.15, 0.2) is 10.5 Å². The Labute approximate surface area is 88.5 Å². The fraction of sp³-hybridized carbons (Fsp3) is 0.500. The average Bonchev–Trinajstić information content (AvgIpc) is 2.71. The van der Waals surface area contributed by atoms with Gasteiger partial charge in [-0.05, 0) is 32.8 Å². The molecule has 0 N–H and O–H groups in total. The van der Waals surface area contributed by atoms with Crippen molar-refractivity contribution >= 4 is 11.6 Å². The monoisotopic (exact) mass is 206 g/mol. The maximum Gasteiger partial charge on any atom is 0.176 e. The minimum Gasteiger partial charge on any atom is -0.466 e. The Morgan fingerprint density at radius 3 is 2.67 bits per heavy atom. The fourth-order valence-corrected chi connectivity index (χ4v) is 2.16. The van der Waals surface area contributed by atoms with Crippen molar-refractivity contribution in [3.8, 4) is 0 Å². The Morgan fingerprint density at radius 1 is 1.47 bits per heavy atom. The van der Waals surface area contributed by atoms with Gasteiger partial charge in [0.2, 0.25) is 0 Å². The van der Waals surface area contributed by atoms with Crippen molar-refractivity contribution in [3.63, 3.8) is 0 Å². The van der Waals surface area contributed by atoms with Gasteiger partial charge in [0.15, 0.2) is 5.78 Å². The van der Waals surface area contributed by atoms with Crippen LogP contribution in [0.25, 0.3) is 0 Å². The molecule has 1 saturated carbocycles. The number of hydrogen-bond donors (Lipinski definition) is 0. The second kappa shape index (κ2) is 3.65. The van der Waals surface area contributed by atoms with Gasteiger partial charge in [0.05, 0.1) is 11.5 Å². The van der Waals surface area contributed by atoms with E-state index in [2.05, 4.69) is 0 Å². The summed E-state index contributed by atoms with van der Waals surface area (Å²) in [5.41, 5.74) is 0.577. The molecule has 0 aromatic carbocycles. The van der Waals surface area contributed by atoms with Crippen LogP contribution < -0.4 is 0 Å². The van der Waals surface area contributed by atoms with E-state index in [1.165, 1.54) is 0 Å². The quantitative estimate of drug-likeness (QED) is 0.551. The Hall–Kier alpha value is -1.38. The van der Waals surface area contributed by atoms with E-state index < -0.39 is 5.92 Å². The van der Waals surface area contributed by atoms with E-state index in [0.717, 1.165) is 12.2 Å². The van der Waals surface area contributed by atoms with E-state index in [1.54, 1.807) is 19.9 Å². The maximum absolute atomic E-state index is 12.0. The first-order chi connectivity index (χ1) is 7.09. The molecule has 1 aliphatic rings. The summed E-state index contributed by atoms with van der Waals surface area (Å²) in [4.78, 5) is 23.5. The summed E-state index contributed by atoms with van der Waals surface area (Å²) in [7, 11) is 0. The molecule has 0 spiro atoms. The zero-order valence-corrected chi connectivity index (χ0v) is 9.00. The van der Waals surface area contributed by atoms with Crippen molar-refractivity contribution in [1.82, 2.24) is 0 Å². The van der Waals surface area contributed by atoms with Crippen molar-refractivity contribution in [2.75, 3.05) is 0 Å². The molecule has 15 heavy (non-hydrogen) atoms. The summed E-state index contributed by atoms with van der Waals surface area (Å²) in [6, 6.07) is 1.73. The van der Waals surface area contributed by atoms with E-state index in [-0.39, 0.29) is 11.6 Å². The Morgan fingerprint density at radius 2 is 2.20 bits per heavy atom. The van der Waals surface area contributed by atoms with E-state index in [9.17, 15) is 9.59 Å². The third-order valence-corrected chi connectivity index (χ3v) is 2.93. The predicted octanol–water partition coefficient (Wildman–Crippen LogP) is 2.45. The summed E-state index contributed by atoms with van der Waals surface area (Å²) in [6.07, 6.45) is 2.08. The largest absolute Gasteiger partial charge is 0.466 e. The highest BCUT2D eigenvalue weighted by atomic mass is 16.3. The molecule has 1 heterocycles. The molecule has 0 amide bonds. The SMILES string of the molecule is Cc1cc(C(=O)C2CCCC2=O)c(C)o1. The van der Waals surface area contributed by atoms with Crippen molar-refractivity contribution in [2.45, 2.75) is 33.1 Å². The molecule has 0 aliphatic heterocycles. The standard InChI is InChI=1S/C12H14O3/c1-7-6-10(8(2)15-7)12(14)9-4-3-5-11(9)13/h6,9H,3-5H2,1-2H3. The molecule has 80 valence electrons. The Balaban J connectivity index is 2.28. The normalized spacial score (nSPS) is 20.9. The molecule has 0 saturated heterocycles. The molecule has 1 aromatic heterocycles. The Kier molecular flexibility index (Phi) is 2.47. The third-order valence-electron chi connectivity index (χ3n) is 2.93. The molecule has 1 aromatic rings. The molecule has 1 fully saturated rings. The predicted molar refractivity (Wildman–Crippen MR) is 54.9 cm³/mol. The van der Waals surface area contributed by atoms with Crippen molar-refractivity contribution < 1.29 is 14.0 Å². The lowest BCUT2D eigenvalue weighted by molar-refractivity contribution is -0.119. The minimum absolute atomic E-state index is 0.0631. The lowest BCUT2D eigenvalue weighted by Crippen LogP contribution is -2.18. The van der Waals surface area contributed by atoms with E-state index in [1.807, 2.05) is 0 Å². The van der Waals surface area contributed by atoms with Crippen LogP contribution >= 0.6 is 0 Å². The average molecular weight is 206 g/mol. The van der Waals surface area contributed by atoms with Crippen LogP contribution in [-0.2, 0) is 4.79 Å². The molecular formula is C12H14O3. The molecule has 1 atom stereocenters. The van der Waals surface area contributed by atoms with Crippen LogP contribution in [-0.4, -0.2) is 11.6 Å². The van der Waals surface area contributed by atoms with Gasteiger partial charge in [-0.2, -0.15) is 0 Å². The van der Waals surface area contributed by atoms with Gasteiger partial charge in [-0.3, -0.25) is 9.59 Å². The summed E-state index contributed by atoms with van der Waals surface area (Å²) >= 11 is 0. The highest BCUT2D eigenvalue weighted by Crippen LogP contribution is 2.27. The smallest absolute Gasteiger partial charge is 0.176 e. The zero-order chi connectivity index (χ0) is 11.0. The number of hydrogen-bond acceptors (Lipinski definition) is 3. The number of carbonyl (C=O) groups excluding carboxylic acids is 2. The number of Topliss-reactive ketones (excluding diaryl/α,β-unsaturated/α-hetero) is 2. The molecule has 0 bridgehead atoms. The molecular weight excluding hydrogens is 192 g/mol. The van der Waals surface area contributed by atoms with Gasteiger partial charge < -0.3 is 4.42 Å². The summed E-state index contributed by atoms with van der Waals surface area (Å²) in [6.45, 7) is 3.57. The Bertz CT molecular complexity index is 415. The van der Waals surface area contributed by atoms with Crippen molar-refractivity contribution in [2.24, 2.45) is 5.92 Å². The molecule has 1 aliphatic carbocycles. The highest BCUT2D eigenvalue weighted by Gasteiger charge is 2.33. The van der Waals surface area contributed by atoms with Crippen LogP contribution in [0.2, 0.25) is 0 Å². The molecule has 3 heteroatoms. The van der Waals surface area contributed by atoms with Gasteiger partial charge in [-0.15, -0.1) is 0 Å². The zero-order valence-electron chi connectivity index (χ0n) is 9.00. The number of aryl methyl sites for hydroxylation is 2. The van der Waals surface area contributed by atoms with Gasteiger partial charge in [0.25, 0.3) is 0 Å². The molecule has 0 radical (unpaired) electrons. The summed E-state index contributed by atoms with van der Waals surface area (Å²) in [5, 5.41) is 0. The molecule has 3 nitrogen and oxygen atoms in total. The lowest BCUT2D eigenvalue weighted by Gasteiger charge is -2.04. The van der Waals surface area contributed by atoms with Crippen LogP contribution in [0.1, 0.15) is 41.1 Å². The number of carbonyl (C=O) groups is 2. The van der Waals surface area contributed by atoms with Gasteiger partial charge in [0.1, 0.15) is 17.3 Å².